The molecule has 1 saturated heterocycles. The van der Waals surface area contributed by atoms with Gasteiger partial charge in [0, 0.05) is 5.54 Å². The van der Waals surface area contributed by atoms with E-state index in [1.165, 1.54) is 71.0 Å². The molecule has 1 heterocycles. The molecule has 2 rings (SSSR count). The zero-order valence-electron chi connectivity index (χ0n) is 10.9. The second kappa shape index (κ2) is 6.02. The van der Waals surface area contributed by atoms with Crippen molar-refractivity contribution in [3.63, 3.8) is 0 Å². The average Bonchev–Trinajstić information content (AvgIpc) is 2.74. The van der Waals surface area contributed by atoms with Gasteiger partial charge in [-0.1, -0.05) is 12.8 Å². The summed E-state index contributed by atoms with van der Waals surface area (Å²) in [4.78, 5) is 0. The predicted molar refractivity (Wildman–Crippen MR) is 69.7 cm³/mol. The van der Waals surface area contributed by atoms with Crippen molar-refractivity contribution in [2.24, 2.45) is 5.92 Å². The van der Waals surface area contributed by atoms with Crippen LogP contribution in [0, 0.1) is 5.92 Å². The van der Waals surface area contributed by atoms with Gasteiger partial charge in [0.05, 0.1) is 0 Å². The Morgan fingerprint density at radius 3 is 2.56 bits per heavy atom. The maximum atomic E-state index is 3.78. The van der Waals surface area contributed by atoms with Gasteiger partial charge in [0.15, 0.2) is 0 Å². The molecule has 1 saturated carbocycles. The van der Waals surface area contributed by atoms with Crippen LogP contribution in [0.5, 0.6) is 0 Å². The number of hydrogen-bond donors (Lipinski definition) is 2. The van der Waals surface area contributed by atoms with Gasteiger partial charge in [0.2, 0.25) is 0 Å². The highest BCUT2D eigenvalue weighted by Crippen LogP contribution is 2.28. The summed E-state index contributed by atoms with van der Waals surface area (Å²) >= 11 is 0. The quantitative estimate of drug-likeness (QED) is 0.702. The molecular formula is C14H28N2. The van der Waals surface area contributed by atoms with Gasteiger partial charge in [-0.2, -0.15) is 0 Å². The highest BCUT2D eigenvalue weighted by atomic mass is 15.0. The largest absolute Gasteiger partial charge is 0.317 e. The van der Waals surface area contributed by atoms with Gasteiger partial charge in [-0.05, 0) is 71.0 Å². The lowest BCUT2D eigenvalue weighted by molar-refractivity contribution is 0.321. The standard InChI is InChI=1S/C14H28N2/c1-14(8-2-3-9-14)16-10-4-5-13-6-11-15-12-7-13/h13,15-16H,2-12H2,1H3. The lowest BCUT2D eigenvalue weighted by atomic mass is 9.93. The van der Waals surface area contributed by atoms with Crippen LogP contribution in [0.4, 0.5) is 0 Å². The van der Waals surface area contributed by atoms with Crippen molar-refractivity contribution in [3.8, 4) is 0 Å². The summed E-state index contributed by atoms with van der Waals surface area (Å²) in [5, 5.41) is 7.22. The third-order valence-electron chi connectivity index (χ3n) is 4.51. The molecule has 0 radical (unpaired) electrons. The molecule has 2 N–H and O–H groups in total. The number of rotatable bonds is 5. The Balaban J connectivity index is 1.54. The lowest BCUT2D eigenvalue weighted by Gasteiger charge is -2.27. The molecule has 2 nitrogen and oxygen atoms in total. The average molecular weight is 224 g/mol. The van der Waals surface area contributed by atoms with Crippen LogP contribution in [0.1, 0.15) is 58.3 Å². The van der Waals surface area contributed by atoms with E-state index in [-0.39, 0.29) is 0 Å². The van der Waals surface area contributed by atoms with Gasteiger partial charge in [0.25, 0.3) is 0 Å². The molecule has 1 aliphatic heterocycles. The fourth-order valence-corrected chi connectivity index (χ4v) is 3.28. The van der Waals surface area contributed by atoms with Crippen molar-refractivity contribution in [2.45, 2.75) is 63.8 Å². The highest BCUT2D eigenvalue weighted by molar-refractivity contribution is 4.87. The summed E-state index contributed by atoms with van der Waals surface area (Å²) < 4.78 is 0. The summed E-state index contributed by atoms with van der Waals surface area (Å²) in [5.41, 5.74) is 0.480. The fourth-order valence-electron chi connectivity index (χ4n) is 3.28. The minimum Gasteiger partial charge on any atom is -0.317 e. The van der Waals surface area contributed by atoms with Crippen LogP contribution in [0.25, 0.3) is 0 Å². The van der Waals surface area contributed by atoms with E-state index in [0.717, 1.165) is 5.92 Å². The summed E-state index contributed by atoms with van der Waals surface area (Å²) in [6, 6.07) is 0. The third kappa shape index (κ3) is 3.74. The van der Waals surface area contributed by atoms with E-state index in [0.29, 0.717) is 5.54 Å². The minimum atomic E-state index is 0.480. The first-order chi connectivity index (χ1) is 7.79. The molecule has 0 bridgehead atoms. The molecule has 0 unspecified atom stereocenters. The van der Waals surface area contributed by atoms with E-state index in [2.05, 4.69) is 17.6 Å². The highest BCUT2D eigenvalue weighted by Gasteiger charge is 2.27. The number of nitrogens with one attached hydrogen (secondary N) is 2. The van der Waals surface area contributed by atoms with Gasteiger partial charge in [-0.15, -0.1) is 0 Å². The molecule has 0 spiro atoms. The molecule has 0 atom stereocenters. The van der Waals surface area contributed by atoms with E-state index in [1.807, 2.05) is 0 Å². The van der Waals surface area contributed by atoms with Gasteiger partial charge >= 0.3 is 0 Å². The first-order valence-corrected chi connectivity index (χ1v) is 7.24. The minimum absolute atomic E-state index is 0.480. The Hall–Kier alpha value is -0.0800. The maximum Gasteiger partial charge on any atom is 0.0153 e. The predicted octanol–water partition coefficient (Wildman–Crippen LogP) is 2.69. The molecule has 1 aliphatic carbocycles. The smallest absolute Gasteiger partial charge is 0.0153 e. The van der Waals surface area contributed by atoms with Crippen LogP contribution in [-0.2, 0) is 0 Å². The van der Waals surface area contributed by atoms with Gasteiger partial charge in [0.1, 0.15) is 0 Å². The summed E-state index contributed by atoms with van der Waals surface area (Å²) in [5.74, 6) is 0.999. The van der Waals surface area contributed by atoms with E-state index < -0.39 is 0 Å². The summed E-state index contributed by atoms with van der Waals surface area (Å²) in [7, 11) is 0. The first-order valence-electron chi connectivity index (χ1n) is 7.24. The Morgan fingerprint density at radius 1 is 1.19 bits per heavy atom. The molecule has 0 aromatic heterocycles. The maximum absolute atomic E-state index is 3.78. The number of piperidine rings is 1. The van der Waals surface area contributed by atoms with E-state index >= 15 is 0 Å². The normalized spacial score (nSPS) is 26.1. The van der Waals surface area contributed by atoms with E-state index in [1.54, 1.807) is 0 Å². The zero-order valence-corrected chi connectivity index (χ0v) is 10.9. The van der Waals surface area contributed by atoms with Crippen LogP contribution < -0.4 is 10.6 Å². The zero-order chi connectivity index (χ0) is 11.3. The second-order valence-electron chi connectivity index (χ2n) is 6.03. The molecule has 2 aliphatic rings. The Morgan fingerprint density at radius 2 is 1.88 bits per heavy atom. The Kier molecular flexibility index (Phi) is 4.66. The molecule has 0 aromatic rings. The molecule has 0 aromatic carbocycles. The van der Waals surface area contributed by atoms with Crippen molar-refractivity contribution in [1.82, 2.24) is 10.6 Å². The van der Waals surface area contributed by atoms with Crippen molar-refractivity contribution in [1.29, 1.82) is 0 Å². The second-order valence-corrected chi connectivity index (χ2v) is 6.03. The first kappa shape index (κ1) is 12.4. The van der Waals surface area contributed by atoms with E-state index in [9.17, 15) is 0 Å². The fraction of sp³-hybridized carbons (Fsp3) is 1.00. The summed E-state index contributed by atoms with van der Waals surface area (Å²) in [6.07, 6.45) is 11.2. The SMILES string of the molecule is CC1(NCCCC2CCNCC2)CCCC1. The molecule has 2 heteroatoms. The van der Waals surface area contributed by atoms with Gasteiger partial charge < -0.3 is 10.6 Å². The van der Waals surface area contributed by atoms with Crippen molar-refractivity contribution in [3.05, 3.63) is 0 Å². The van der Waals surface area contributed by atoms with Gasteiger partial charge in [-0.3, -0.25) is 0 Å². The molecule has 94 valence electrons. The van der Waals surface area contributed by atoms with Crippen LogP contribution >= 0.6 is 0 Å². The van der Waals surface area contributed by atoms with Gasteiger partial charge in [-0.25, -0.2) is 0 Å². The van der Waals surface area contributed by atoms with E-state index in [4.69, 9.17) is 0 Å². The molecular weight excluding hydrogens is 196 g/mol. The van der Waals surface area contributed by atoms with Crippen LogP contribution in [0.2, 0.25) is 0 Å². The van der Waals surface area contributed by atoms with Crippen LogP contribution in [-0.4, -0.2) is 25.2 Å². The van der Waals surface area contributed by atoms with Crippen LogP contribution in [0.15, 0.2) is 0 Å². The molecule has 16 heavy (non-hydrogen) atoms. The topological polar surface area (TPSA) is 24.1 Å². The monoisotopic (exact) mass is 224 g/mol. The summed E-state index contributed by atoms with van der Waals surface area (Å²) in [6.45, 7) is 6.14. The van der Waals surface area contributed by atoms with Crippen molar-refractivity contribution in [2.75, 3.05) is 19.6 Å². The van der Waals surface area contributed by atoms with Crippen molar-refractivity contribution >= 4 is 0 Å². The van der Waals surface area contributed by atoms with Crippen molar-refractivity contribution < 1.29 is 0 Å². The number of hydrogen-bond acceptors (Lipinski definition) is 2. The third-order valence-corrected chi connectivity index (χ3v) is 4.51. The molecule has 0 amide bonds. The molecule has 2 fully saturated rings. The van der Waals surface area contributed by atoms with Crippen LogP contribution in [0.3, 0.4) is 0 Å². The Labute approximate surface area is 101 Å². The lowest BCUT2D eigenvalue weighted by Crippen LogP contribution is -2.40. The Bertz CT molecular complexity index is 191.